The second-order valence-corrected chi connectivity index (χ2v) is 6.80. The van der Waals surface area contributed by atoms with E-state index in [1.807, 2.05) is 23.0 Å². The predicted octanol–water partition coefficient (Wildman–Crippen LogP) is 2.28. The van der Waals surface area contributed by atoms with Crippen LogP contribution in [0.2, 0.25) is 0 Å². The average Bonchev–Trinajstić information content (AvgIpc) is 3.36. The number of carbonyl (C=O) groups is 1. The lowest BCUT2D eigenvalue weighted by atomic mass is 10.2. The van der Waals surface area contributed by atoms with Crippen molar-refractivity contribution in [3.8, 4) is 11.4 Å². The van der Waals surface area contributed by atoms with Crippen LogP contribution in [-0.2, 0) is 11.3 Å². The third-order valence-electron chi connectivity index (χ3n) is 4.66. The molecule has 0 atom stereocenters. The Kier molecular flexibility index (Phi) is 4.35. The van der Waals surface area contributed by atoms with Crippen molar-refractivity contribution in [2.75, 3.05) is 11.9 Å². The summed E-state index contributed by atoms with van der Waals surface area (Å²) in [6, 6.07) is 7.30. The molecule has 4 aromatic rings. The molecule has 3 aromatic heterocycles. The van der Waals surface area contributed by atoms with E-state index in [1.54, 1.807) is 29.2 Å². The summed E-state index contributed by atoms with van der Waals surface area (Å²) in [6.07, 6.45) is 7.37. The average molecular weight is 390 g/mol. The molecule has 0 saturated heterocycles. The molecule has 146 valence electrons. The Balaban J connectivity index is 1.52. The zero-order chi connectivity index (χ0) is 19.6. The van der Waals surface area contributed by atoms with Crippen molar-refractivity contribution in [1.82, 2.24) is 34.7 Å². The van der Waals surface area contributed by atoms with Crippen LogP contribution < -0.4 is 10.1 Å². The van der Waals surface area contributed by atoms with Gasteiger partial charge in [-0.1, -0.05) is 5.21 Å². The number of anilines is 2. The van der Waals surface area contributed by atoms with Crippen molar-refractivity contribution >= 4 is 28.6 Å². The highest BCUT2D eigenvalue weighted by Crippen LogP contribution is 2.20. The molecule has 0 unspecified atom stereocenters. The van der Waals surface area contributed by atoms with E-state index in [9.17, 15) is 4.79 Å². The molecule has 0 aliphatic carbocycles. The van der Waals surface area contributed by atoms with Crippen molar-refractivity contribution in [3.05, 3.63) is 42.9 Å². The third kappa shape index (κ3) is 3.64. The first-order chi connectivity index (χ1) is 14.2. The van der Waals surface area contributed by atoms with Crippen LogP contribution >= 0.6 is 0 Å². The molecule has 2 aliphatic heterocycles. The number of hydrogen-bond acceptors (Lipinski definition) is 8. The number of nitrogens with zero attached hydrogens (tertiary/aromatic N) is 7. The summed E-state index contributed by atoms with van der Waals surface area (Å²) < 4.78 is 9.08. The maximum Gasteiger partial charge on any atom is 0.229 e. The Hall–Kier alpha value is -3.82. The predicted molar refractivity (Wildman–Crippen MR) is 104 cm³/mol. The number of aromatic nitrogens is 7. The summed E-state index contributed by atoms with van der Waals surface area (Å²) in [5.41, 5.74) is 2.73. The van der Waals surface area contributed by atoms with Gasteiger partial charge in [0, 0.05) is 19.2 Å². The molecular weight excluding hydrogens is 372 g/mol. The van der Waals surface area contributed by atoms with Crippen molar-refractivity contribution in [1.29, 1.82) is 0 Å². The number of rotatable bonds is 0. The highest BCUT2D eigenvalue weighted by atomic mass is 16.5. The molecule has 0 amide bonds. The summed E-state index contributed by atoms with van der Waals surface area (Å²) in [6.45, 7) is 0.797. The first-order valence-corrected chi connectivity index (χ1v) is 9.37. The Morgan fingerprint density at radius 2 is 2.00 bits per heavy atom. The number of aryl methyl sites for hydroxylation is 1. The number of ketones is 1. The van der Waals surface area contributed by atoms with Gasteiger partial charge in [0.1, 0.15) is 12.4 Å². The van der Waals surface area contributed by atoms with Crippen LogP contribution in [-0.4, -0.2) is 47.1 Å². The number of Topliss-reactive ketones (excluding diaryl/α,β-unsaturated/α-hetero) is 1. The summed E-state index contributed by atoms with van der Waals surface area (Å²) >= 11 is 0. The van der Waals surface area contributed by atoms with E-state index in [2.05, 4.69) is 30.7 Å². The van der Waals surface area contributed by atoms with Crippen LogP contribution in [0.5, 0.6) is 5.75 Å². The number of nitrogens with one attached hydrogen (secondary N) is 1. The topological polar surface area (TPSA) is 113 Å². The van der Waals surface area contributed by atoms with Gasteiger partial charge in [-0.3, -0.25) is 9.48 Å². The van der Waals surface area contributed by atoms with E-state index in [1.165, 1.54) is 0 Å². The Morgan fingerprint density at radius 3 is 2.90 bits per heavy atom. The lowest BCUT2D eigenvalue weighted by molar-refractivity contribution is -0.121. The molecule has 2 aliphatic rings. The van der Waals surface area contributed by atoms with E-state index in [4.69, 9.17) is 4.74 Å². The first kappa shape index (κ1) is 17.3. The molecule has 0 radical (unpaired) electrons. The lowest BCUT2D eigenvalue weighted by Crippen LogP contribution is -2.11. The number of fused-ring (bicyclic) bond motifs is 8. The lowest BCUT2D eigenvalue weighted by Gasteiger charge is -2.07. The summed E-state index contributed by atoms with van der Waals surface area (Å²) in [7, 11) is 0. The smallest absolute Gasteiger partial charge is 0.229 e. The van der Waals surface area contributed by atoms with Gasteiger partial charge in [-0.25, -0.2) is 4.98 Å². The van der Waals surface area contributed by atoms with Gasteiger partial charge in [0.15, 0.2) is 16.9 Å². The molecule has 1 N–H and O–H groups in total. The monoisotopic (exact) mass is 390 g/mol. The largest absolute Gasteiger partial charge is 0.486 e. The molecule has 0 fully saturated rings. The molecule has 0 spiro atoms. The second-order valence-electron chi connectivity index (χ2n) is 6.80. The van der Waals surface area contributed by atoms with E-state index in [-0.39, 0.29) is 12.4 Å². The fourth-order valence-corrected chi connectivity index (χ4v) is 3.16. The highest BCUT2D eigenvalue weighted by Gasteiger charge is 2.12. The van der Waals surface area contributed by atoms with Crippen LogP contribution in [0, 0.1) is 0 Å². The van der Waals surface area contributed by atoms with E-state index in [0.29, 0.717) is 29.3 Å². The molecule has 1 aromatic carbocycles. The van der Waals surface area contributed by atoms with Gasteiger partial charge < -0.3 is 10.1 Å². The van der Waals surface area contributed by atoms with E-state index >= 15 is 0 Å². The van der Waals surface area contributed by atoms with Gasteiger partial charge in [-0.15, -0.1) is 5.10 Å². The Morgan fingerprint density at radius 1 is 1.10 bits per heavy atom. The first-order valence-electron chi connectivity index (χ1n) is 9.37. The van der Waals surface area contributed by atoms with Crippen LogP contribution in [0.3, 0.4) is 0 Å². The van der Waals surface area contributed by atoms with Gasteiger partial charge >= 0.3 is 0 Å². The number of benzene rings is 1. The van der Waals surface area contributed by atoms with Crippen LogP contribution in [0.15, 0.2) is 42.9 Å². The summed E-state index contributed by atoms with van der Waals surface area (Å²) in [5.74, 6) is 1.15. The molecule has 10 heteroatoms. The highest BCUT2D eigenvalue weighted by molar-refractivity contribution is 5.79. The minimum absolute atomic E-state index is 0.0675. The normalized spacial score (nSPS) is 14.8. The molecule has 5 heterocycles. The minimum Gasteiger partial charge on any atom is -0.486 e. The molecule has 29 heavy (non-hydrogen) atoms. The van der Waals surface area contributed by atoms with E-state index in [0.717, 1.165) is 30.8 Å². The SMILES string of the molecule is O=C1CCCCn2cc(cn2)Nc2ncc3nnn(c3n2)-c2ccc(cc2)OC1. The van der Waals surface area contributed by atoms with Gasteiger partial charge in [0.25, 0.3) is 0 Å². The van der Waals surface area contributed by atoms with Gasteiger partial charge in [-0.2, -0.15) is 14.8 Å². The van der Waals surface area contributed by atoms with Crippen molar-refractivity contribution in [3.63, 3.8) is 0 Å². The Bertz CT molecular complexity index is 1160. The second kappa shape index (κ2) is 7.30. The van der Waals surface area contributed by atoms with Crippen LogP contribution in [0.4, 0.5) is 11.6 Å². The summed E-state index contributed by atoms with van der Waals surface area (Å²) in [4.78, 5) is 20.9. The maximum atomic E-state index is 12.1. The van der Waals surface area contributed by atoms with Crippen molar-refractivity contribution < 1.29 is 9.53 Å². The quantitative estimate of drug-likeness (QED) is 0.487. The number of carbonyl (C=O) groups excluding carboxylic acids is 1. The third-order valence-corrected chi connectivity index (χ3v) is 4.66. The molecular formula is C19H18N8O2. The van der Waals surface area contributed by atoms with Gasteiger partial charge in [0.05, 0.1) is 23.8 Å². The van der Waals surface area contributed by atoms with E-state index < -0.39 is 0 Å². The van der Waals surface area contributed by atoms with Gasteiger partial charge in [-0.05, 0) is 37.1 Å². The molecule has 10 nitrogen and oxygen atoms in total. The molecule has 0 saturated carbocycles. The van der Waals surface area contributed by atoms with Gasteiger partial charge in [0.2, 0.25) is 5.95 Å². The number of hydrogen-bond donors (Lipinski definition) is 1. The molecule has 6 rings (SSSR count). The summed E-state index contributed by atoms with van der Waals surface area (Å²) in [5, 5.41) is 15.8. The van der Waals surface area contributed by atoms with Crippen molar-refractivity contribution in [2.45, 2.75) is 25.8 Å². The molecule has 6 bridgehead atoms. The Labute approximate surface area is 165 Å². The maximum absolute atomic E-state index is 12.1. The van der Waals surface area contributed by atoms with Crippen LogP contribution in [0.25, 0.3) is 16.9 Å². The van der Waals surface area contributed by atoms with Crippen LogP contribution in [0.1, 0.15) is 19.3 Å². The standard InChI is InChI=1S/C19H18N8O2/c28-15-3-1-2-8-26-11-13(9-21-26)22-19-20-10-17-18(23-19)27(25-24-17)14-4-6-16(7-5-14)29-12-15/h4-7,9-11H,1-3,8,12H2,(H,20,22,23). The fourth-order valence-electron chi connectivity index (χ4n) is 3.16. The zero-order valence-corrected chi connectivity index (χ0v) is 15.5. The minimum atomic E-state index is 0.0675. The number of ether oxygens (including phenoxy) is 1. The van der Waals surface area contributed by atoms with Crippen molar-refractivity contribution in [2.24, 2.45) is 0 Å². The zero-order valence-electron chi connectivity index (χ0n) is 15.5. The fraction of sp³-hybridized carbons (Fsp3) is 0.263.